The Balaban J connectivity index is 1.83. The second kappa shape index (κ2) is 11.3. The highest BCUT2D eigenvalue weighted by atomic mass is 16.5. The van der Waals surface area contributed by atoms with E-state index in [0.29, 0.717) is 24.5 Å². The lowest BCUT2D eigenvalue weighted by molar-refractivity contribution is -0.121. The van der Waals surface area contributed by atoms with Crippen LogP contribution in [0.15, 0.2) is 48.5 Å². The first kappa shape index (κ1) is 21.8. The number of carbonyl (C=O) groups is 1. The van der Waals surface area contributed by atoms with Gasteiger partial charge < -0.3 is 19.7 Å². The maximum atomic E-state index is 12.3. The van der Waals surface area contributed by atoms with Crippen molar-refractivity contribution in [3.8, 4) is 11.5 Å². The molecule has 0 aromatic heterocycles. The van der Waals surface area contributed by atoms with Crippen LogP contribution >= 0.6 is 0 Å². The van der Waals surface area contributed by atoms with Crippen molar-refractivity contribution in [3.05, 3.63) is 59.7 Å². The SMILES string of the molecule is COc1ccc(C(CNC(=O)CCCCc2ccccc2)N(C)C)cc1OC. The molecule has 0 saturated carbocycles. The van der Waals surface area contributed by atoms with E-state index in [0.717, 1.165) is 24.8 Å². The Bertz CT molecular complexity index is 732. The summed E-state index contributed by atoms with van der Waals surface area (Å²) in [7, 11) is 7.27. The van der Waals surface area contributed by atoms with Crippen LogP contribution in [0.2, 0.25) is 0 Å². The van der Waals surface area contributed by atoms with Gasteiger partial charge in [-0.1, -0.05) is 36.4 Å². The molecule has 2 rings (SSSR count). The molecule has 0 saturated heterocycles. The van der Waals surface area contributed by atoms with E-state index in [-0.39, 0.29) is 11.9 Å². The van der Waals surface area contributed by atoms with Gasteiger partial charge >= 0.3 is 0 Å². The van der Waals surface area contributed by atoms with Crippen LogP contribution in [0.25, 0.3) is 0 Å². The number of nitrogens with one attached hydrogen (secondary N) is 1. The van der Waals surface area contributed by atoms with E-state index in [2.05, 4.69) is 34.5 Å². The predicted octanol–water partition coefficient (Wildman–Crippen LogP) is 3.84. The summed E-state index contributed by atoms with van der Waals surface area (Å²) in [6.45, 7) is 0.556. The highest BCUT2D eigenvalue weighted by molar-refractivity contribution is 5.75. The number of rotatable bonds is 11. The van der Waals surface area contributed by atoms with Crippen molar-refractivity contribution < 1.29 is 14.3 Å². The summed E-state index contributed by atoms with van der Waals surface area (Å²) < 4.78 is 10.7. The van der Waals surface area contributed by atoms with Crippen LogP contribution in [0, 0.1) is 0 Å². The normalized spacial score (nSPS) is 11.9. The van der Waals surface area contributed by atoms with Crippen molar-refractivity contribution in [2.24, 2.45) is 0 Å². The van der Waals surface area contributed by atoms with E-state index in [1.165, 1.54) is 5.56 Å². The van der Waals surface area contributed by atoms with Crippen LogP contribution in [0.1, 0.15) is 36.4 Å². The zero-order valence-corrected chi connectivity index (χ0v) is 17.4. The van der Waals surface area contributed by atoms with Crippen molar-refractivity contribution in [2.45, 2.75) is 31.7 Å². The fraction of sp³-hybridized carbons (Fsp3) is 0.435. The van der Waals surface area contributed by atoms with Crippen LogP contribution in [0.4, 0.5) is 0 Å². The van der Waals surface area contributed by atoms with Crippen LogP contribution in [0.5, 0.6) is 11.5 Å². The number of amides is 1. The summed E-state index contributed by atoms with van der Waals surface area (Å²) in [5, 5.41) is 3.07. The van der Waals surface area contributed by atoms with Gasteiger partial charge in [-0.3, -0.25) is 4.79 Å². The molecule has 0 fully saturated rings. The fourth-order valence-electron chi connectivity index (χ4n) is 3.22. The molecule has 1 atom stereocenters. The number of hydrogen-bond donors (Lipinski definition) is 1. The largest absolute Gasteiger partial charge is 0.493 e. The summed E-state index contributed by atoms with van der Waals surface area (Å²) in [4.78, 5) is 14.4. The minimum Gasteiger partial charge on any atom is -0.493 e. The quantitative estimate of drug-likeness (QED) is 0.598. The molecule has 1 unspecified atom stereocenters. The molecule has 152 valence electrons. The molecule has 2 aromatic carbocycles. The van der Waals surface area contributed by atoms with E-state index in [1.54, 1.807) is 14.2 Å². The van der Waals surface area contributed by atoms with Gasteiger partial charge in [-0.25, -0.2) is 0 Å². The molecular weight excluding hydrogens is 352 g/mol. The third-order valence-electron chi connectivity index (χ3n) is 4.87. The molecule has 0 spiro atoms. The first-order valence-electron chi connectivity index (χ1n) is 9.74. The van der Waals surface area contributed by atoms with Crippen molar-refractivity contribution in [1.29, 1.82) is 0 Å². The Hall–Kier alpha value is -2.53. The predicted molar refractivity (Wildman–Crippen MR) is 113 cm³/mol. The maximum Gasteiger partial charge on any atom is 0.220 e. The maximum absolute atomic E-state index is 12.3. The molecule has 2 aromatic rings. The summed E-state index contributed by atoms with van der Waals surface area (Å²) in [5.74, 6) is 1.49. The van der Waals surface area contributed by atoms with Gasteiger partial charge in [0, 0.05) is 13.0 Å². The number of benzene rings is 2. The Morgan fingerprint density at radius 2 is 1.71 bits per heavy atom. The lowest BCUT2D eigenvalue weighted by Crippen LogP contribution is -2.34. The highest BCUT2D eigenvalue weighted by Gasteiger charge is 2.17. The smallest absolute Gasteiger partial charge is 0.220 e. The number of aryl methyl sites for hydroxylation is 1. The average Bonchev–Trinajstić information content (AvgIpc) is 2.71. The Morgan fingerprint density at radius 3 is 2.36 bits per heavy atom. The molecule has 5 heteroatoms. The number of methoxy groups -OCH3 is 2. The zero-order valence-electron chi connectivity index (χ0n) is 17.4. The molecule has 1 N–H and O–H groups in total. The van der Waals surface area contributed by atoms with Crippen LogP contribution in [0.3, 0.4) is 0 Å². The minimum atomic E-state index is 0.0630. The highest BCUT2D eigenvalue weighted by Crippen LogP contribution is 2.31. The van der Waals surface area contributed by atoms with Gasteiger partial charge in [0.25, 0.3) is 0 Å². The van der Waals surface area contributed by atoms with Gasteiger partial charge in [-0.15, -0.1) is 0 Å². The third kappa shape index (κ3) is 6.57. The molecule has 0 bridgehead atoms. The summed E-state index contributed by atoms with van der Waals surface area (Å²) in [6, 6.07) is 16.3. The van der Waals surface area contributed by atoms with Gasteiger partial charge in [0.1, 0.15) is 0 Å². The second-order valence-electron chi connectivity index (χ2n) is 7.09. The van der Waals surface area contributed by atoms with E-state index < -0.39 is 0 Å². The Kier molecular flexibility index (Phi) is 8.82. The number of carbonyl (C=O) groups excluding carboxylic acids is 1. The summed E-state index contributed by atoms with van der Waals surface area (Å²) >= 11 is 0. The zero-order chi connectivity index (χ0) is 20.4. The summed E-state index contributed by atoms with van der Waals surface area (Å²) in [5.41, 5.74) is 2.40. The van der Waals surface area contributed by atoms with E-state index in [4.69, 9.17) is 9.47 Å². The van der Waals surface area contributed by atoms with E-state index in [9.17, 15) is 4.79 Å². The van der Waals surface area contributed by atoms with Crippen molar-refractivity contribution in [1.82, 2.24) is 10.2 Å². The Morgan fingerprint density at radius 1 is 1.00 bits per heavy atom. The lowest BCUT2D eigenvalue weighted by atomic mass is 10.0. The third-order valence-corrected chi connectivity index (χ3v) is 4.87. The second-order valence-corrected chi connectivity index (χ2v) is 7.09. The monoisotopic (exact) mass is 384 g/mol. The molecule has 0 radical (unpaired) electrons. The van der Waals surface area contributed by atoms with Crippen molar-refractivity contribution in [2.75, 3.05) is 34.9 Å². The number of hydrogen-bond acceptors (Lipinski definition) is 4. The van der Waals surface area contributed by atoms with Crippen molar-refractivity contribution in [3.63, 3.8) is 0 Å². The molecule has 1 amide bonds. The molecular formula is C23H32N2O3. The number of nitrogens with zero attached hydrogens (tertiary/aromatic N) is 1. The van der Waals surface area contributed by atoms with E-state index in [1.807, 2.05) is 38.4 Å². The number of likely N-dealkylation sites (N-methyl/N-ethyl adjacent to an activating group) is 1. The van der Waals surface area contributed by atoms with Crippen molar-refractivity contribution >= 4 is 5.91 Å². The standard InChI is InChI=1S/C23H32N2O3/c1-25(2)20(19-14-15-21(27-3)22(16-19)28-4)17-24-23(26)13-9-8-12-18-10-6-5-7-11-18/h5-7,10-11,14-16,20H,8-9,12-13,17H2,1-4H3,(H,24,26). The van der Waals surface area contributed by atoms with Crippen LogP contribution < -0.4 is 14.8 Å². The molecule has 5 nitrogen and oxygen atoms in total. The first-order chi connectivity index (χ1) is 13.5. The molecule has 0 aliphatic carbocycles. The Labute approximate surface area is 168 Å². The lowest BCUT2D eigenvalue weighted by Gasteiger charge is -2.26. The number of ether oxygens (including phenoxy) is 2. The van der Waals surface area contributed by atoms with Gasteiger partial charge in [0.2, 0.25) is 5.91 Å². The van der Waals surface area contributed by atoms with Gasteiger partial charge in [0.15, 0.2) is 11.5 Å². The summed E-state index contributed by atoms with van der Waals surface area (Å²) in [6.07, 6.45) is 3.48. The first-order valence-corrected chi connectivity index (χ1v) is 9.74. The number of unbranched alkanes of at least 4 members (excludes halogenated alkanes) is 1. The average molecular weight is 385 g/mol. The van der Waals surface area contributed by atoms with Gasteiger partial charge in [0.05, 0.1) is 20.3 Å². The topological polar surface area (TPSA) is 50.8 Å². The van der Waals surface area contributed by atoms with Gasteiger partial charge in [-0.2, -0.15) is 0 Å². The van der Waals surface area contributed by atoms with Crippen LogP contribution in [-0.4, -0.2) is 45.7 Å². The molecule has 0 heterocycles. The van der Waals surface area contributed by atoms with E-state index >= 15 is 0 Å². The fourth-order valence-corrected chi connectivity index (χ4v) is 3.22. The molecule has 28 heavy (non-hydrogen) atoms. The van der Waals surface area contributed by atoms with Gasteiger partial charge in [-0.05, 0) is 56.6 Å². The minimum absolute atomic E-state index is 0.0630. The molecule has 0 aliphatic rings. The van der Waals surface area contributed by atoms with Crippen LogP contribution in [-0.2, 0) is 11.2 Å². The molecule has 0 aliphatic heterocycles.